The van der Waals surface area contributed by atoms with Crippen molar-refractivity contribution in [1.29, 1.82) is 0 Å². The molecule has 0 N–H and O–H groups in total. The van der Waals surface area contributed by atoms with Gasteiger partial charge in [-0.25, -0.2) is 0 Å². The molecule has 0 nitrogen and oxygen atoms in total. The quantitative estimate of drug-likeness (QED) is 0.131. The molecule has 0 saturated heterocycles. The standard InChI is InChI=1S/C14H23F5.C10H20/c1-3-4-5-6-7-9-12(2)10-8-11-13(15,16)14(17,18)19;1-4-5-6-7-8-9-10(2)3/h3,12H,1,4-11H2,2H3;4,10H,1,5-9H2,2-3H3. The highest BCUT2D eigenvalue weighted by atomic mass is 19.4. The van der Waals surface area contributed by atoms with E-state index in [1.165, 1.54) is 32.1 Å². The number of allylic oxidation sites excluding steroid dienone is 2. The summed E-state index contributed by atoms with van der Waals surface area (Å²) < 4.78 is 61.0. The Morgan fingerprint density at radius 1 is 0.655 bits per heavy atom. The zero-order valence-corrected chi connectivity index (χ0v) is 18.8. The lowest BCUT2D eigenvalue weighted by atomic mass is 9.96. The molecule has 0 saturated carbocycles. The van der Waals surface area contributed by atoms with Crippen LogP contribution < -0.4 is 0 Å². The Bertz CT molecular complexity index is 385. The molecule has 5 heteroatoms. The van der Waals surface area contributed by atoms with Crippen LogP contribution in [0.3, 0.4) is 0 Å². The SMILES string of the molecule is C=CCCCCCC(C)C.C=CCCCCCC(C)CCCC(F)(F)C(F)(F)F. The van der Waals surface area contributed by atoms with Crippen molar-refractivity contribution < 1.29 is 22.0 Å². The minimum absolute atomic E-state index is 0.0830. The van der Waals surface area contributed by atoms with Crippen LogP contribution in [0.2, 0.25) is 0 Å². The van der Waals surface area contributed by atoms with Crippen LogP contribution in [0.5, 0.6) is 0 Å². The third kappa shape index (κ3) is 20.2. The summed E-state index contributed by atoms with van der Waals surface area (Å²) in [5, 5.41) is 0. The van der Waals surface area contributed by atoms with Gasteiger partial charge in [-0.2, -0.15) is 22.0 Å². The number of alkyl halides is 5. The van der Waals surface area contributed by atoms with Crippen LogP contribution in [-0.2, 0) is 0 Å². The largest absolute Gasteiger partial charge is 0.453 e. The van der Waals surface area contributed by atoms with E-state index in [1.807, 2.05) is 19.1 Å². The highest BCUT2D eigenvalue weighted by Crippen LogP contribution is 2.39. The fourth-order valence-electron chi connectivity index (χ4n) is 2.93. The highest BCUT2D eigenvalue weighted by molar-refractivity contribution is 4.75. The summed E-state index contributed by atoms with van der Waals surface area (Å²) in [5.74, 6) is -3.46. The lowest BCUT2D eigenvalue weighted by Gasteiger charge is -2.20. The summed E-state index contributed by atoms with van der Waals surface area (Å²) in [7, 11) is 0. The molecule has 0 spiro atoms. The molecule has 0 fully saturated rings. The fourth-order valence-corrected chi connectivity index (χ4v) is 2.93. The summed E-state index contributed by atoms with van der Waals surface area (Å²) in [6, 6.07) is 0. The van der Waals surface area contributed by atoms with E-state index in [0.29, 0.717) is 6.42 Å². The van der Waals surface area contributed by atoms with Crippen LogP contribution in [0, 0.1) is 11.8 Å². The Balaban J connectivity index is 0. The molecule has 0 amide bonds. The van der Waals surface area contributed by atoms with Gasteiger partial charge < -0.3 is 0 Å². The second kappa shape index (κ2) is 17.9. The smallest absolute Gasteiger partial charge is 0.196 e. The van der Waals surface area contributed by atoms with Crippen molar-refractivity contribution >= 4 is 0 Å². The minimum atomic E-state index is -5.42. The van der Waals surface area contributed by atoms with Crippen LogP contribution in [-0.4, -0.2) is 12.1 Å². The Kier molecular flexibility index (Phi) is 18.8. The number of hydrogen-bond acceptors (Lipinski definition) is 0. The molecule has 0 heterocycles. The summed E-state index contributed by atoms with van der Waals surface area (Å²) in [6.07, 6.45) is 9.31. The Morgan fingerprint density at radius 2 is 1.10 bits per heavy atom. The Morgan fingerprint density at radius 3 is 1.52 bits per heavy atom. The summed E-state index contributed by atoms with van der Waals surface area (Å²) >= 11 is 0. The molecular weight excluding hydrogens is 383 g/mol. The molecule has 0 aromatic carbocycles. The van der Waals surface area contributed by atoms with E-state index in [0.717, 1.165) is 38.0 Å². The maximum Gasteiger partial charge on any atom is 0.453 e. The van der Waals surface area contributed by atoms with Gasteiger partial charge in [-0.15, -0.1) is 13.2 Å². The lowest BCUT2D eigenvalue weighted by Crippen LogP contribution is -2.36. The third-order valence-electron chi connectivity index (χ3n) is 4.90. The van der Waals surface area contributed by atoms with Gasteiger partial charge in [-0.05, 0) is 43.9 Å². The van der Waals surface area contributed by atoms with E-state index in [4.69, 9.17) is 0 Å². The first-order chi connectivity index (χ1) is 13.5. The van der Waals surface area contributed by atoms with Gasteiger partial charge in [0.15, 0.2) is 0 Å². The maximum absolute atomic E-state index is 12.6. The first kappa shape index (κ1) is 30.3. The highest BCUT2D eigenvalue weighted by Gasteiger charge is 2.56. The molecule has 1 atom stereocenters. The lowest BCUT2D eigenvalue weighted by molar-refractivity contribution is -0.284. The zero-order chi connectivity index (χ0) is 22.8. The molecule has 0 aliphatic carbocycles. The van der Waals surface area contributed by atoms with Crippen LogP contribution in [0.15, 0.2) is 25.3 Å². The molecular formula is C24H43F5. The molecule has 0 bridgehead atoms. The normalized spacial score (nSPS) is 13.0. The average molecular weight is 427 g/mol. The molecule has 0 aliphatic rings. The van der Waals surface area contributed by atoms with E-state index in [1.54, 1.807) is 0 Å². The van der Waals surface area contributed by atoms with Crippen LogP contribution >= 0.6 is 0 Å². The van der Waals surface area contributed by atoms with Gasteiger partial charge in [0.05, 0.1) is 0 Å². The molecule has 174 valence electrons. The number of halogens is 5. The Hall–Kier alpha value is -0.870. The van der Waals surface area contributed by atoms with Crippen molar-refractivity contribution in [1.82, 2.24) is 0 Å². The van der Waals surface area contributed by atoms with Crippen LogP contribution in [0.1, 0.15) is 104 Å². The summed E-state index contributed by atoms with van der Waals surface area (Å²) in [4.78, 5) is 0. The van der Waals surface area contributed by atoms with Crippen molar-refractivity contribution in [2.75, 3.05) is 0 Å². The van der Waals surface area contributed by atoms with Crippen molar-refractivity contribution in [2.24, 2.45) is 11.8 Å². The molecule has 0 radical (unpaired) electrons. The second-order valence-electron chi connectivity index (χ2n) is 8.45. The van der Waals surface area contributed by atoms with Gasteiger partial charge >= 0.3 is 12.1 Å². The molecule has 0 aliphatic heterocycles. The van der Waals surface area contributed by atoms with E-state index >= 15 is 0 Å². The van der Waals surface area contributed by atoms with E-state index in [2.05, 4.69) is 27.0 Å². The minimum Gasteiger partial charge on any atom is -0.196 e. The van der Waals surface area contributed by atoms with Gasteiger partial charge in [0.25, 0.3) is 0 Å². The zero-order valence-electron chi connectivity index (χ0n) is 18.8. The van der Waals surface area contributed by atoms with Gasteiger partial charge in [0, 0.05) is 6.42 Å². The van der Waals surface area contributed by atoms with Crippen molar-refractivity contribution in [2.45, 2.75) is 116 Å². The van der Waals surface area contributed by atoms with Crippen molar-refractivity contribution in [3.63, 3.8) is 0 Å². The van der Waals surface area contributed by atoms with E-state index in [9.17, 15) is 22.0 Å². The molecule has 1 unspecified atom stereocenters. The predicted molar refractivity (Wildman–Crippen MR) is 115 cm³/mol. The molecule has 0 rings (SSSR count). The van der Waals surface area contributed by atoms with E-state index < -0.39 is 18.5 Å². The van der Waals surface area contributed by atoms with Gasteiger partial charge in [-0.1, -0.05) is 77.9 Å². The second-order valence-corrected chi connectivity index (χ2v) is 8.45. The fraction of sp³-hybridized carbons (Fsp3) is 0.833. The van der Waals surface area contributed by atoms with Gasteiger partial charge in [0.1, 0.15) is 0 Å². The number of rotatable bonds is 16. The average Bonchev–Trinajstić information content (AvgIpc) is 2.60. The van der Waals surface area contributed by atoms with Crippen LogP contribution in [0.4, 0.5) is 22.0 Å². The summed E-state index contributed by atoms with van der Waals surface area (Å²) in [5.41, 5.74) is 0. The molecule has 0 aromatic heterocycles. The van der Waals surface area contributed by atoms with E-state index in [-0.39, 0.29) is 12.3 Å². The topological polar surface area (TPSA) is 0 Å². The number of hydrogen-bond donors (Lipinski definition) is 0. The van der Waals surface area contributed by atoms with Crippen molar-refractivity contribution in [3.05, 3.63) is 25.3 Å². The first-order valence-corrected chi connectivity index (χ1v) is 11.1. The monoisotopic (exact) mass is 426 g/mol. The first-order valence-electron chi connectivity index (χ1n) is 11.1. The molecule has 29 heavy (non-hydrogen) atoms. The summed E-state index contributed by atoms with van der Waals surface area (Å²) in [6.45, 7) is 13.8. The Labute approximate surface area is 176 Å². The van der Waals surface area contributed by atoms with Crippen molar-refractivity contribution in [3.8, 4) is 0 Å². The van der Waals surface area contributed by atoms with Gasteiger partial charge in [0.2, 0.25) is 0 Å². The van der Waals surface area contributed by atoms with Crippen LogP contribution in [0.25, 0.3) is 0 Å². The molecule has 0 aromatic rings. The maximum atomic E-state index is 12.6. The number of unbranched alkanes of at least 4 members (excludes halogenated alkanes) is 6. The van der Waals surface area contributed by atoms with Gasteiger partial charge in [-0.3, -0.25) is 0 Å². The predicted octanol–water partition coefficient (Wildman–Crippen LogP) is 9.91. The third-order valence-corrected chi connectivity index (χ3v) is 4.90.